The molecule has 20 heavy (non-hydrogen) atoms. The zero-order valence-corrected chi connectivity index (χ0v) is 13.3. The summed E-state index contributed by atoms with van der Waals surface area (Å²) in [5, 5.41) is 2.52. The molecule has 0 saturated heterocycles. The maximum atomic E-state index is 11.3. The summed E-state index contributed by atoms with van der Waals surface area (Å²) in [5.74, 6) is 0.0559. The van der Waals surface area contributed by atoms with Crippen molar-refractivity contribution in [2.24, 2.45) is 0 Å². The Kier molecular flexibility index (Phi) is 3.95. The van der Waals surface area contributed by atoms with E-state index in [4.69, 9.17) is 34.8 Å². The Morgan fingerprint density at radius 1 is 1.20 bits per heavy atom. The standard InChI is InChI=1S/C14H10Cl3NOS/c15-11-6-9(14(17)20-11)13(16)8-1-3-10-7(5-8)2-4-12(19)18-10/h1,3,5-6,13H,2,4H2,(H,18,19). The first-order chi connectivity index (χ1) is 9.54. The zero-order chi connectivity index (χ0) is 14.3. The number of amides is 1. The van der Waals surface area contributed by atoms with Crippen molar-refractivity contribution in [1.82, 2.24) is 0 Å². The van der Waals surface area contributed by atoms with Gasteiger partial charge in [-0.2, -0.15) is 0 Å². The van der Waals surface area contributed by atoms with Gasteiger partial charge < -0.3 is 5.32 Å². The molecule has 1 atom stereocenters. The number of nitrogens with one attached hydrogen (secondary N) is 1. The summed E-state index contributed by atoms with van der Waals surface area (Å²) < 4.78 is 1.24. The van der Waals surface area contributed by atoms with Gasteiger partial charge in [-0.15, -0.1) is 22.9 Å². The van der Waals surface area contributed by atoms with E-state index in [-0.39, 0.29) is 11.3 Å². The Bertz CT molecular complexity index is 683. The van der Waals surface area contributed by atoms with Crippen LogP contribution in [0, 0.1) is 0 Å². The second-order valence-electron chi connectivity index (χ2n) is 4.61. The van der Waals surface area contributed by atoms with Gasteiger partial charge in [0.1, 0.15) is 0 Å². The third-order valence-corrected chi connectivity index (χ3v) is 5.28. The van der Waals surface area contributed by atoms with E-state index >= 15 is 0 Å². The van der Waals surface area contributed by atoms with Crippen molar-refractivity contribution in [2.45, 2.75) is 18.2 Å². The van der Waals surface area contributed by atoms with Crippen LogP contribution in [0.15, 0.2) is 24.3 Å². The Hall–Kier alpha value is -0.740. The number of hydrogen-bond acceptors (Lipinski definition) is 2. The van der Waals surface area contributed by atoms with Crippen molar-refractivity contribution >= 4 is 57.7 Å². The van der Waals surface area contributed by atoms with Crippen LogP contribution < -0.4 is 5.32 Å². The molecule has 1 unspecified atom stereocenters. The fourth-order valence-electron chi connectivity index (χ4n) is 2.27. The zero-order valence-electron chi connectivity index (χ0n) is 10.3. The van der Waals surface area contributed by atoms with E-state index in [1.165, 1.54) is 11.3 Å². The number of halogens is 3. The number of benzene rings is 1. The second-order valence-corrected chi connectivity index (χ2v) is 7.33. The first-order valence-electron chi connectivity index (χ1n) is 6.06. The summed E-state index contributed by atoms with van der Waals surface area (Å²) in [5.41, 5.74) is 3.74. The molecule has 0 spiro atoms. The Labute approximate surface area is 135 Å². The number of anilines is 1. The molecule has 1 aromatic heterocycles. The maximum Gasteiger partial charge on any atom is 0.224 e. The number of thiophene rings is 1. The Morgan fingerprint density at radius 3 is 2.70 bits per heavy atom. The highest BCUT2D eigenvalue weighted by atomic mass is 35.5. The van der Waals surface area contributed by atoms with Crippen molar-refractivity contribution in [3.05, 3.63) is 49.6 Å². The summed E-state index contributed by atoms with van der Waals surface area (Å²) in [4.78, 5) is 11.3. The molecular weight excluding hydrogens is 337 g/mol. The van der Waals surface area contributed by atoms with Crippen molar-refractivity contribution in [1.29, 1.82) is 0 Å². The van der Waals surface area contributed by atoms with Gasteiger partial charge in [0.15, 0.2) is 0 Å². The van der Waals surface area contributed by atoms with Crippen molar-refractivity contribution < 1.29 is 4.79 Å². The molecule has 1 amide bonds. The summed E-state index contributed by atoms with van der Waals surface area (Å²) in [7, 11) is 0. The second kappa shape index (κ2) is 5.57. The van der Waals surface area contributed by atoms with Crippen LogP contribution in [0.1, 0.15) is 28.5 Å². The van der Waals surface area contributed by atoms with Gasteiger partial charge in [0.2, 0.25) is 5.91 Å². The van der Waals surface area contributed by atoms with Crippen LogP contribution in [0.4, 0.5) is 5.69 Å². The highest BCUT2D eigenvalue weighted by Gasteiger charge is 2.20. The highest BCUT2D eigenvalue weighted by molar-refractivity contribution is 7.20. The molecule has 104 valence electrons. The predicted molar refractivity (Wildman–Crippen MR) is 85.4 cm³/mol. The first-order valence-corrected chi connectivity index (χ1v) is 8.07. The lowest BCUT2D eigenvalue weighted by atomic mass is 9.98. The maximum absolute atomic E-state index is 11.3. The van der Waals surface area contributed by atoms with E-state index in [0.29, 0.717) is 15.1 Å². The minimum Gasteiger partial charge on any atom is -0.326 e. The van der Waals surface area contributed by atoms with Crippen molar-refractivity contribution in [3.63, 3.8) is 0 Å². The molecule has 6 heteroatoms. The highest BCUT2D eigenvalue weighted by Crippen LogP contribution is 2.41. The van der Waals surface area contributed by atoms with Crippen LogP contribution in [0.2, 0.25) is 8.67 Å². The third kappa shape index (κ3) is 2.68. The smallest absolute Gasteiger partial charge is 0.224 e. The number of fused-ring (bicyclic) bond motifs is 1. The number of carbonyl (C=O) groups excluding carboxylic acids is 1. The molecule has 1 N–H and O–H groups in total. The van der Waals surface area contributed by atoms with Gasteiger partial charge in [-0.1, -0.05) is 35.3 Å². The van der Waals surface area contributed by atoms with Crippen LogP contribution in [0.3, 0.4) is 0 Å². The van der Waals surface area contributed by atoms with Gasteiger partial charge in [0, 0.05) is 17.7 Å². The lowest BCUT2D eigenvalue weighted by molar-refractivity contribution is -0.116. The van der Waals surface area contributed by atoms with Gasteiger partial charge >= 0.3 is 0 Å². The molecule has 2 nitrogen and oxygen atoms in total. The predicted octanol–water partition coefficient (Wildman–Crippen LogP) is 5.27. The van der Waals surface area contributed by atoms with Crippen molar-refractivity contribution in [3.8, 4) is 0 Å². The number of rotatable bonds is 2. The molecule has 0 aliphatic carbocycles. The Balaban J connectivity index is 1.95. The molecule has 1 aliphatic rings. The molecule has 3 rings (SSSR count). The summed E-state index contributed by atoms with van der Waals surface area (Å²) in [6.45, 7) is 0. The van der Waals surface area contributed by atoms with Crippen LogP contribution in [0.5, 0.6) is 0 Å². The normalized spacial score (nSPS) is 15.7. The lowest BCUT2D eigenvalue weighted by Crippen LogP contribution is -2.19. The quantitative estimate of drug-likeness (QED) is 0.738. The molecular formula is C14H10Cl3NOS. The Morgan fingerprint density at radius 2 is 2.00 bits per heavy atom. The number of alkyl halides is 1. The van der Waals surface area contributed by atoms with E-state index in [2.05, 4.69) is 5.32 Å². The average molecular weight is 347 g/mol. The molecule has 2 heterocycles. The van der Waals surface area contributed by atoms with Gasteiger partial charge in [0.25, 0.3) is 0 Å². The molecule has 1 aromatic carbocycles. The number of hydrogen-bond donors (Lipinski definition) is 1. The van der Waals surface area contributed by atoms with Crippen LogP contribution in [0.25, 0.3) is 0 Å². The van der Waals surface area contributed by atoms with E-state index in [9.17, 15) is 4.79 Å². The van der Waals surface area contributed by atoms with E-state index in [1.54, 1.807) is 6.07 Å². The van der Waals surface area contributed by atoms with Crippen LogP contribution >= 0.6 is 46.1 Å². The third-order valence-electron chi connectivity index (χ3n) is 3.27. The molecule has 0 fully saturated rings. The van der Waals surface area contributed by atoms with Gasteiger partial charge in [-0.25, -0.2) is 0 Å². The molecule has 1 aliphatic heterocycles. The fraction of sp³-hybridized carbons (Fsp3) is 0.214. The van der Waals surface area contributed by atoms with Gasteiger partial charge in [-0.05, 0) is 29.7 Å². The fourth-order valence-corrected chi connectivity index (χ4v) is 4.23. The largest absolute Gasteiger partial charge is 0.326 e. The van der Waals surface area contributed by atoms with Crippen molar-refractivity contribution in [2.75, 3.05) is 5.32 Å². The topological polar surface area (TPSA) is 29.1 Å². The van der Waals surface area contributed by atoms with E-state index < -0.39 is 0 Å². The molecule has 2 aromatic rings. The summed E-state index contributed by atoms with van der Waals surface area (Å²) in [6.07, 6.45) is 1.24. The number of aryl methyl sites for hydroxylation is 1. The summed E-state index contributed by atoms with van der Waals surface area (Å²) in [6, 6.07) is 7.62. The summed E-state index contributed by atoms with van der Waals surface area (Å²) >= 11 is 19.9. The van der Waals surface area contributed by atoms with E-state index in [1.807, 2.05) is 18.2 Å². The van der Waals surface area contributed by atoms with Gasteiger partial charge in [-0.3, -0.25) is 4.79 Å². The van der Waals surface area contributed by atoms with Gasteiger partial charge in [0.05, 0.1) is 14.0 Å². The minimum atomic E-state index is -0.339. The van der Waals surface area contributed by atoms with Crippen LogP contribution in [-0.2, 0) is 11.2 Å². The molecule has 0 saturated carbocycles. The number of carbonyl (C=O) groups is 1. The minimum absolute atomic E-state index is 0.0559. The monoisotopic (exact) mass is 345 g/mol. The first kappa shape index (κ1) is 14.2. The SMILES string of the molecule is O=C1CCc2cc(C(Cl)c3cc(Cl)sc3Cl)ccc2N1. The van der Waals surface area contributed by atoms with Crippen LogP contribution in [-0.4, -0.2) is 5.91 Å². The molecule has 0 bridgehead atoms. The molecule has 0 radical (unpaired) electrons. The lowest BCUT2D eigenvalue weighted by Gasteiger charge is -2.19. The van der Waals surface area contributed by atoms with E-state index in [0.717, 1.165) is 28.8 Å². The average Bonchev–Trinajstić information content (AvgIpc) is 2.76.